The van der Waals surface area contributed by atoms with E-state index in [0.29, 0.717) is 6.42 Å². The molecule has 0 spiro atoms. The molecule has 2 aromatic rings. The van der Waals surface area contributed by atoms with Gasteiger partial charge in [0, 0.05) is 29.8 Å². The number of hydrogen-bond donors (Lipinski definition) is 2. The first-order valence-corrected chi connectivity index (χ1v) is 7.64. The van der Waals surface area contributed by atoms with E-state index in [0.717, 1.165) is 22.6 Å². The number of halogens is 1. The normalized spacial score (nSPS) is 17.0. The average Bonchev–Trinajstić information content (AvgIpc) is 2.57. The van der Waals surface area contributed by atoms with Crippen molar-refractivity contribution in [1.29, 1.82) is 0 Å². The predicted molar refractivity (Wildman–Crippen MR) is 91.1 cm³/mol. The summed E-state index contributed by atoms with van der Waals surface area (Å²) < 4.78 is 18.4. The maximum absolute atomic E-state index is 13.4. The molecule has 1 aliphatic heterocycles. The second kappa shape index (κ2) is 6.70. The van der Waals surface area contributed by atoms with Gasteiger partial charge in [0.1, 0.15) is 0 Å². The van der Waals surface area contributed by atoms with Crippen LogP contribution in [0, 0.1) is 11.7 Å². The van der Waals surface area contributed by atoms with Crippen LogP contribution in [0.4, 0.5) is 15.8 Å². The van der Waals surface area contributed by atoms with E-state index in [1.54, 1.807) is 12.1 Å². The summed E-state index contributed by atoms with van der Waals surface area (Å²) in [6.07, 6.45) is 0.439. The number of amides is 1. The SMILES string of the molecule is COc1cc(Nc2ccc(C3=NNC(=O)CC3C)cc2)ccc1F. The van der Waals surface area contributed by atoms with Crippen LogP contribution in [0.2, 0.25) is 0 Å². The quantitative estimate of drug-likeness (QED) is 0.904. The van der Waals surface area contributed by atoms with Crippen LogP contribution >= 0.6 is 0 Å². The Hall–Kier alpha value is -2.89. The van der Waals surface area contributed by atoms with Crippen LogP contribution < -0.4 is 15.5 Å². The number of carbonyl (C=O) groups is 1. The summed E-state index contributed by atoms with van der Waals surface area (Å²) in [5.41, 5.74) is 5.94. The van der Waals surface area contributed by atoms with E-state index in [1.807, 2.05) is 31.2 Å². The molecule has 1 atom stereocenters. The van der Waals surface area contributed by atoms with E-state index < -0.39 is 5.82 Å². The molecule has 5 nitrogen and oxygen atoms in total. The highest BCUT2D eigenvalue weighted by molar-refractivity contribution is 6.05. The third kappa shape index (κ3) is 3.37. The van der Waals surface area contributed by atoms with Gasteiger partial charge in [-0.1, -0.05) is 19.1 Å². The summed E-state index contributed by atoms with van der Waals surface area (Å²) in [6, 6.07) is 12.3. The third-order valence-corrected chi connectivity index (χ3v) is 3.88. The standard InChI is InChI=1S/C18H18FN3O2/c1-11-9-17(23)21-22-18(11)12-3-5-13(6-4-12)20-14-7-8-15(19)16(10-14)24-2/h3-8,10-11,20H,9H2,1-2H3,(H,21,23). The van der Waals surface area contributed by atoms with Gasteiger partial charge in [0.05, 0.1) is 12.8 Å². The first-order valence-electron chi connectivity index (χ1n) is 7.64. The number of rotatable bonds is 4. The van der Waals surface area contributed by atoms with Crippen LogP contribution in [0.5, 0.6) is 5.75 Å². The van der Waals surface area contributed by atoms with Gasteiger partial charge in [-0.05, 0) is 29.8 Å². The molecule has 124 valence electrons. The van der Waals surface area contributed by atoms with Gasteiger partial charge < -0.3 is 10.1 Å². The Bertz CT molecular complexity index is 787. The molecule has 0 radical (unpaired) electrons. The van der Waals surface area contributed by atoms with Gasteiger partial charge in [-0.3, -0.25) is 4.79 Å². The molecule has 3 rings (SSSR count). The van der Waals surface area contributed by atoms with Crippen molar-refractivity contribution in [1.82, 2.24) is 5.43 Å². The van der Waals surface area contributed by atoms with Crippen molar-refractivity contribution in [3.05, 3.63) is 53.8 Å². The maximum Gasteiger partial charge on any atom is 0.240 e. The molecule has 6 heteroatoms. The number of methoxy groups -OCH3 is 1. The minimum absolute atomic E-state index is 0.0604. The molecule has 0 aromatic heterocycles. The summed E-state index contributed by atoms with van der Waals surface area (Å²) in [7, 11) is 1.43. The lowest BCUT2D eigenvalue weighted by atomic mass is 9.94. The number of carbonyl (C=O) groups excluding carboxylic acids is 1. The molecule has 1 heterocycles. The number of anilines is 2. The number of benzene rings is 2. The first-order chi connectivity index (χ1) is 11.6. The van der Waals surface area contributed by atoms with Gasteiger partial charge >= 0.3 is 0 Å². The highest BCUT2D eigenvalue weighted by atomic mass is 19.1. The topological polar surface area (TPSA) is 62.7 Å². The Morgan fingerprint density at radius 2 is 1.92 bits per heavy atom. The molecule has 0 bridgehead atoms. The van der Waals surface area contributed by atoms with Crippen molar-refractivity contribution in [2.24, 2.45) is 11.0 Å². The second-order valence-electron chi connectivity index (χ2n) is 5.69. The van der Waals surface area contributed by atoms with Crippen molar-refractivity contribution in [2.45, 2.75) is 13.3 Å². The fourth-order valence-electron chi connectivity index (χ4n) is 2.63. The van der Waals surface area contributed by atoms with E-state index >= 15 is 0 Å². The van der Waals surface area contributed by atoms with Crippen molar-refractivity contribution in [2.75, 3.05) is 12.4 Å². The average molecular weight is 327 g/mol. The monoisotopic (exact) mass is 327 g/mol. The lowest BCUT2D eigenvalue weighted by Gasteiger charge is -2.19. The fraction of sp³-hybridized carbons (Fsp3) is 0.222. The van der Waals surface area contributed by atoms with Gasteiger partial charge in [-0.15, -0.1) is 0 Å². The molecule has 1 unspecified atom stereocenters. The Morgan fingerprint density at radius 3 is 2.58 bits per heavy atom. The molecule has 24 heavy (non-hydrogen) atoms. The molecule has 0 saturated heterocycles. The van der Waals surface area contributed by atoms with Crippen LogP contribution in [0.25, 0.3) is 0 Å². The van der Waals surface area contributed by atoms with Crippen molar-refractivity contribution < 1.29 is 13.9 Å². The van der Waals surface area contributed by atoms with Gasteiger partial charge in [0.2, 0.25) is 5.91 Å². The summed E-state index contributed by atoms with van der Waals surface area (Å²) >= 11 is 0. The summed E-state index contributed by atoms with van der Waals surface area (Å²) in [6.45, 7) is 1.98. The zero-order valence-electron chi connectivity index (χ0n) is 13.5. The molecule has 0 saturated carbocycles. The molecule has 0 fully saturated rings. The Morgan fingerprint density at radius 1 is 1.21 bits per heavy atom. The molecule has 2 N–H and O–H groups in total. The van der Waals surface area contributed by atoms with Crippen molar-refractivity contribution in [3.63, 3.8) is 0 Å². The third-order valence-electron chi connectivity index (χ3n) is 3.88. The summed E-state index contributed by atoms with van der Waals surface area (Å²) in [4.78, 5) is 11.3. The Labute approximate surface area is 139 Å². The number of nitrogens with zero attached hydrogens (tertiary/aromatic N) is 1. The van der Waals surface area contributed by atoms with E-state index in [4.69, 9.17) is 4.74 Å². The zero-order valence-corrected chi connectivity index (χ0v) is 13.5. The highest BCUT2D eigenvalue weighted by Gasteiger charge is 2.21. The predicted octanol–water partition coefficient (Wildman–Crippen LogP) is 3.44. The first kappa shape index (κ1) is 16.0. The largest absolute Gasteiger partial charge is 0.494 e. The molecule has 2 aromatic carbocycles. The van der Waals surface area contributed by atoms with Gasteiger partial charge in [0.25, 0.3) is 0 Å². The number of nitrogens with one attached hydrogen (secondary N) is 2. The molecule has 1 aliphatic rings. The highest BCUT2D eigenvalue weighted by Crippen LogP contribution is 2.25. The van der Waals surface area contributed by atoms with E-state index in [2.05, 4.69) is 15.8 Å². The summed E-state index contributed by atoms with van der Waals surface area (Å²) in [5, 5.41) is 7.34. The van der Waals surface area contributed by atoms with E-state index in [-0.39, 0.29) is 17.6 Å². The maximum atomic E-state index is 13.4. The van der Waals surface area contributed by atoms with Crippen LogP contribution in [0.3, 0.4) is 0 Å². The Balaban J connectivity index is 1.76. The smallest absolute Gasteiger partial charge is 0.240 e. The van der Waals surface area contributed by atoms with E-state index in [9.17, 15) is 9.18 Å². The number of ether oxygens (including phenoxy) is 1. The minimum Gasteiger partial charge on any atom is -0.494 e. The number of hydrogen-bond acceptors (Lipinski definition) is 4. The van der Waals surface area contributed by atoms with Gasteiger partial charge in [-0.25, -0.2) is 9.82 Å². The van der Waals surface area contributed by atoms with Gasteiger partial charge in [0.15, 0.2) is 11.6 Å². The molecule has 0 aliphatic carbocycles. The van der Waals surface area contributed by atoms with Crippen LogP contribution in [0.1, 0.15) is 18.9 Å². The Kier molecular flexibility index (Phi) is 4.46. The van der Waals surface area contributed by atoms with Crippen molar-refractivity contribution >= 4 is 23.0 Å². The minimum atomic E-state index is -0.398. The van der Waals surface area contributed by atoms with Crippen LogP contribution in [0.15, 0.2) is 47.6 Å². The molecular formula is C18H18FN3O2. The van der Waals surface area contributed by atoms with Crippen LogP contribution in [-0.4, -0.2) is 18.7 Å². The van der Waals surface area contributed by atoms with Gasteiger partial charge in [-0.2, -0.15) is 5.10 Å². The zero-order chi connectivity index (χ0) is 17.1. The lowest BCUT2D eigenvalue weighted by Crippen LogP contribution is -2.31. The second-order valence-corrected chi connectivity index (χ2v) is 5.69. The lowest BCUT2D eigenvalue weighted by molar-refractivity contribution is -0.121. The van der Waals surface area contributed by atoms with E-state index in [1.165, 1.54) is 13.2 Å². The summed E-state index contributed by atoms with van der Waals surface area (Å²) in [5.74, 6) is -0.184. The molecule has 1 amide bonds. The van der Waals surface area contributed by atoms with Crippen LogP contribution in [-0.2, 0) is 4.79 Å². The fourth-order valence-corrected chi connectivity index (χ4v) is 2.63. The van der Waals surface area contributed by atoms with Crippen molar-refractivity contribution in [3.8, 4) is 5.75 Å². The number of hydrazone groups is 1. The molecular weight excluding hydrogens is 309 g/mol.